The predicted octanol–water partition coefficient (Wildman–Crippen LogP) is 18.4. The van der Waals surface area contributed by atoms with Gasteiger partial charge < -0.3 is 14.2 Å². The third kappa shape index (κ3) is 54.1. The highest BCUT2D eigenvalue weighted by Crippen LogP contribution is 2.10. The largest absolute Gasteiger partial charge is 0.462 e. The quantitative estimate of drug-likeness (QED) is 0.0262. The Morgan fingerprint density at radius 2 is 0.594 bits per heavy atom. The lowest BCUT2D eigenvalue weighted by Crippen LogP contribution is -2.30. The fraction of sp³-hybridized carbons (Fsp3) is 0.571. The highest BCUT2D eigenvalue weighted by molar-refractivity contribution is 5.71. The van der Waals surface area contributed by atoms with Crippen molar-refractivity contribution in [2.45, 2.75) is 219 Å². The lowest BCUT2D eigenvalue weighted by molar-refractivity contribution is -0.166. The first-order valence-electron chi connectivity index (χ1n) is 27.3. The van der Waals surface area contributed by atoms with Crippen molar-refractivity contribution in [1.29, 1.82) is 0 Å². The van der Waals surface area contributed by atoms with Crippen LogP contribution in [0.2, 0.25) is 0 Å². The SMILES string of the molecule is CC/C=C\C/C=C\C/C=C\C/C=C\CCCCCCC(=O)OC[C@H](COC(=O)CCCC/C=C\C/C=C\C/C=C\CCCCC)OC(=O)CC/C=C\C/C=C\C/C=C\C/C=C\C/C=C\CCCCC. The second kappa shape index (κ2) is 55.9. The average molecular weight is 951 g/mol. The van der Waals surface area contributed by atoms with E-state index in [9.17, 15) is 14.4 Å². The standard InChI is InChI=1S/C63H98O6/c1-4-7-10-13-16-19-22-25-28-30-31-33-36-39-42-45-48-51-54-57-63(66)69-60(58-67-61(64)55-52-49-46-43-40-37-34-27-24-21-18-15-12-9-6-3)59-68-62(65)56-53-50-47-44-41-38-35-32-29-26-23-20-17-14-11-8-5-2/h8,11,16-21,25-29,31,33-35,38-40,42-43,48,51,60H,4-7,9-10,12-15,22-24,30,32,36-37,41,44-47,49-50,52-59H2,1-3H3/b11-8-,19-16-,20-17-,21-18-,28-25-,29-26-,33-31-,34-27-,38-35-,42-39-,43-40-,51-48-/t60-/m0/s1. The molecule has 0 aromatic heterocycles. The molecule has 0 rings (SSSR count). The topological polar surface area (TPSA) is 78.9 Å². The van der Waals surface area contributed by atoms with Gasteiger partial charge in [0.05, 0.1) is 0 Å². The molecule has 0 unspecified atom stereocenters. The van der Waals surface area contributed by atoms with Crippen LogP contribution in [0.5, 0.6) is 0 Å². The lowest BCUT2D eigenvalue weighted by Gasteiger charge is -2.18. The van der Waals surface area contributed by atoms with E-state index in [0.717, 1.165) is 109 Å². The zero-order valence-corrected chi connectivity index (χ0v) is 44.0. The molecule has 0 aliphatic heterocycles. The van der Waals surface area contributed by atoms with E-state index in [1.54, 1.807) is 0 Å². The van der Waals surface area contributed by atoms with Crippen LogP contribution in [0, 0.1) is 0 Å². The van der Waals surface area contributed by atoms with Crippen LogP contribution in [0.4, 0.5) is 0 Å². The molecule has 69 heavy (non-hydrogen) atoms. The van der Waals surface area contributed by atoms with Crippen LogP contribution in [0.3, 0.4) is 0 Å². The third-order valence-corrected chi connectivity index (χ3v) is 10.8. The molecule has 0 bridgehead atoms. The first-order chi connectivity index (χ1) is 34.0. The van der Waals surface area contributed by atoms with Gasteiger partial charge >= 0.3 is 17.9 Å². The molecule has 0 heterocycles. The molecule has 0 aromatic carbocycles. The number of esters is 3. The van der Waals surface area contributed by atoms with Crippen LogP contribution in [0.1, 0.15) is 213 Å². The zero-order chi connectivity index (χ0) is 50.0. The van der Waals surface area contributed by atoms with Gasteiger partial charge in [-0.15, -0.1) is 0 Å². The first kappa shape index (κ1) is 64.3. The van der Waals surface area contributed by atoms with Crippen LogP contribution in [-0.4, -0.2) is 37.2 Å². The molecule has 1 atom stereocenters. The zero-order valence-electron chi connectivity index (χ0n) is 44.0. The van der Waals surface area contributed by atoms with Crippen molar-refractivity contribution in [3.8, 4) is 0 Å². The van der Waals surface area contributed by atoms with Gasteiger partial charge in [-0.05, 0) is 135 Å². The fourth-order valence-electron chi connectivity index (χ4n) is 6.71. The number of carbonyl (C=O) groups is 3. The van der Waals surface area contributed by atoms with Crippen molar-refractivity contribution in [2.24, 2.45) is 0 Å². The van der Waals surface area contributed by atoms with Gasteiger partial charge in [0.2, 0.25) is 0 Å². The summed E-state index contributed by atoms with van der Waals surface area (Å²) >= 11 is 0. The van der Waals surface area contributed by atoms with Crippen molar-refractivity contribution in [3.63, 3.8) is 0 Å². The summed E-state index contributed by atoms with van der Waals surface area (Å²) in [6.07, 6.45) is 79.8. The second-order valence-corrected chi connectivity index (χ2v) is 17.4. The van der Waals surface area contributed by atoms with E-state index in [1.165, 1.54) is 51.4 Å². The van der Waals surface area contributed by atoms with Gasteiger partial charge in [-0.3, -0.25) is 14.4 Å². The Labute approximate surface area is 423 Å². The number of hydrogen-bond acceptors (Lipinski definition) is 6. The normalized spacial score (nSPS) is 13.3. The molecule has 6 nitrogen and oxygen atoms in total. The van der Waals surface area contributed by atoms with Crippen molar-refractivity contribution >= 4 is 17.9 Å². The van der Waals surface area contributed by atoms with E-state index < -0.39 is 12.1 Å². The average Bonchev–Trinajstić information content (AvgIpc) is 3.35. The van der Waals surface area contributed by atoms with E-state index in [2.05, 4.69) is 154 Å². The summed E-state index contributed by atoms with van der Waals surface area (Å²) in [5, 5.41) is 0. The van der Waals surface area contributed by atoms with E-state index in [0.29, 0.717) is 19.3 Å². The fourth-order valence-corrected chi connectivity index (χ4v) is 6.71. The minimum absolute atomic E-state index is 0.139. The highest BCUT2D eigenvalue weighted by Gasteiger charge is 2.19. The molecule has 0 saturated heterocycles. The molecule has 6 heteroatoms. The Kier molecular flexibility index (Phi) is 52.1. The minimum Gasteiger partial charge on any atom is -0.462 e. The van der Waals surface area contributed by atoms with Gasteiger partial charge in [-0.25, -0.2) is 0 Å². The monoisotopic (exact) mass is 951 g/mol. The summed E-state index contributed by atoms with van der Waals surface area (Å²) in [5.41, 5.74) is 0. The summed E-state index contributed by atoms with van der Waals surface area (Å²) in [6, 6.07) is 0. The van der Waals surface area contributed by atoms with E-state index >= 15 is 0 Å². The summed E-state index contributed by atoms with van der Waals surface area (Å²) < 4.78 is 16.7. The summed E-state index contributed by atoms with van der Waals surface area (Å²) in [7, 11) is 0. The van der Waals surface area contributed by atoms with E-state index in [1.807, 2.05) is 12.2 Å². The molecule has 0 aliphatic carbocycles. The Morgan fingerprint density at radius 3 is 0.957 bits per heavy atom. The van der Waals surface area contributed by atoms with Crippen LogP contribution in [0.15, 0.2) is 146 Å². The van der Waals surface area contributed by atoms with Gasteiger partial charge in [0, 0.05) is 19.3 Å². The Morgan fingerprint density at radius 1 is 0.304 bits per heavy atom. The second-order valence-electron chi connectivity index (χ2n) is 17.4. The maximum absolute atomic E-state index is 12.8. The smallest absolute Gasteiger partial charge is 0.306 e. The van der Waals surface area contributed by atoms with E-state index in [4.69, 9.17) is 14.2 Å². The summed E-state index contributed by atoms with van der Waals surface area (Å²) in [4.78, 5) is 38.1. The molecular formula is C63H98O6. The van der Waals surface area contributed by atoms with Crippen LogP contribution < -0.4 is 0 Å². The Hall–Kier alpha value is -4.71. The summed E-state index contributed by atoms with van der Waals surface area (Å²) in [6.45, 7) is 6.33. The van der Waals surface area contributed by atoms with Gasteiger partial charge in [0.1, 0.15) is 13.2 Å². The number of unbranched alkanes of at least 4 members (excludes halogenated alkanes) is 12. The van der Waals surface area contributed by atoms with Gasteiger partial charge in [0.15, 0.2) is 6.10 Å². The molecule has 0 saturated carbocycles. The highest BCUT2D eigenvalue weighted by atomic mass is 16.6. The van der Waals surface area contributed by atoms with Crippen LogP contribution in [-0.2, 0) is 28.6 Å². The van der Waals surface area contributed by atoms with Crippen LogP contribution in [0.25, 0.3) is 0 Å². The van der Waals surface area contributed by atoms with Crippen molar-refractivity contribution in [3.05, 3.63) is 146 Å². The number of carbonyl (C=O) groups excluding carboxylic acids is 3. The predicted molar refractivity (Wildman–Crippen MR) is 297 cm³/mol. The maximum Gasteiger partial charge on any atom is 0.306 e. The van der Waals surface area contributed by atoms with Crippen molar-refractivity contribution < 1.29 is 28.6 Å². The Bertz CT molecular complexity index is 1560. The first-order valence-corrected chi connectivity index (χ1v) is 27.3. The van der Waals surface area contributed by atoms with Gasteiger partial charge in [0.25, 0.3) is 0 Å². The molecule has 0 radical (unpaired) electrons. The molecule has 386 valence electrons. The van der Waals surface area contributed by atoms with E-state index in [-0.39, 0.29) is 38.0 Å². The lowest BCUT2D eigenvalue weighted by atomic mass is 10.1. The molecule has 0 amide bonds. The van der Waals surface area contributed by atoms with Crippen LogP contribution >= 0.6 is 0 Å². The molecule has 0 N–H and O–H groups in total. The summed E-state index contributed by atoms with van der Waals surface area (Å²) in [5.74, 6) is -1.09. The number of rotatable bonds is 47. The van der Waals surface area contributed by atoms with Crippen molar-refractivity contribution in [1.82, 2.24) is 0 Å². The van der Waals surface area contributed by atoms with Gasteiger partial charge in [-0.1, -0.05) is 205 Å². The molecule has 0 aliphatic rings. The van der Waals surface area contributed by atoms with Gasteiger partial charge in [-0.2, -0.15) is 0 Å². The minimum atomic E-state index is -0.850. The molecule has 0 spiro atoms. The molecule has 0 aromatic rings. The van der Waals surface area contributed by atoms with Crippen molar-refractivity contribution in [2.75, 3.05) is 13.2 Å². The maximum atomic E-state index is 12.8. The molecule has 0 fully saturated rings. The number of allylic oxidation sites excluding steroid dienone is 24. The number of hydrogen-bond donors (Lipinski definition) is 0. The molecular weight excluding hydrogens is 853 g/mol. The number of ether oxygens (including phenoxy) is 3. The Balaban J connectivity index is 4.64. The third-order valence-electron chi connectivity index (χ3n) is 10.8.